The minimum atomic E-state index is -1.33. The monoisotopic (exact) mass is 315 g/mol. The SMILES string of the molecule is CCOB(O)CCC[C@H]1CN(C(=O)[C@H](C)N)C[C@@]1([NH3+])C(=O)[O-]. The van der Waals surface area contributed by atoms with Gasteiger partial charge in [0.1, 0.15) is 5.97 Å². The van der Waals surface area contributed by atoms with Gasteiger partial charge in [-0.05, 0) is 26.6 Å². The predicted octanol–water partition coefficient (Wildman–Crippen LogP) is -3.18. The number of likely N-dealkylation sites (tertiary alicyclic amines) is 1. The summed E-state index contributed by atoms with van der Waals surface area (Å²) < 4.78 is 5.03. The van der Waals surface area contributed by atoms with E-state index >= 15 is 0 Å². The summed E-state index contributed by atoms with van der Waals surface area (Å²) in [5, 5.41) is 21.0. The first-order valence-corrected chi connectivity index (χ1v) is 7.63. The molecule has 0 spiro atoms. The highest BCUT2D eigenvalue weighted by Crippen LogP contribution is 2.29. The van der Waals surface area contributed by atoms with Gasteiger partial charge in [0, 0.05) is 19.1 Å². The van der Waals surface area contributed by atoms with Crippen LogP contribution in [-0.4, -0.2) is 60.2 Å². The van der Waals surface area contributed by atoms with Gasteiger partial charge in [-0.3, -0.25) is 4.79 Å². The van der Waals surface area contributed by atoms with E-state index in [-0.39, 0.29) is 18.4 Å². The van der Waals surface area contributed by atoms with Gasteiger partial charge in [-0.1, -0.05) is 6.42 Å². The van der Waals surface area contributed by atoms with Crippen molar-refractivity contribution in [3.05, 3.63) is 0 Å². The summed E-state index contributed by atoms with van der Waals surface area (Å²) in [5.41, 5.74) is 8.03. The van der Waals surface area contributed by atoms with Crippen molar-refractivity contribution >= 4 is 19.0 Å². The van der Waals surface area contributed by atoms with Crippen LogP contribution in [-0.2, 0) is 14.2 Å². The largest absolute Gasteiger partial charge is 0.544 e. The number of rotatable bonds is 8. The number of carboxylic acids is 1. The second-order valence-electron chi connectivity index (χ2n) is 5.99. The summed E-state index contributed by atoms with van der Waals surface area (Å²) in [5.74, 6) is -1.87. The maximum Gasteiger partial charge on any atom is 0.454 e. The Kier molecular flexibility index (Phi) is 6.79. The lowest BCUT2D eigenvalue weighted by Gasteiger charge is -2.27. The molecule has 1 amide bonds. The predicted molar refractivity (Wildman–Crippen MR) is 78.0 cm³/mol. The van der Waals surface area contributed by atoms with E-state index in [9.17, 15) is 19.7 Å². The maximum absolute atomic E-state index is 12.0. The lowest BCUT2D eigenvalue weighted by atomic mass is 9.78. The van der Waals surface area contributed by atoms with Gasteiger partial charge in [0.05, 0.1) is 12.6 Å². The molecule has 1 aliphatic heterocycles. The first kappa shape index (κ1) is 18.9. The number of carbonyl (C=O) groups excluding carboxylic acids is 2. The molecule has 1 rings (SSSR count). The minimum absolute atomic E-state index is 0.00832. The lowest BCUT2D eigenvalue weighted by molar-refractivity contribution is -0.491. The van der Waals surface area contributed by atoms with Crippen molar-refractivity contribution in [2.75, 3.05) is 19.7 Å². The number of carbonyl (C=O) groups is 2. The van der Waals surface area contributed by atoms with Gasteiger partial charge in [0.2, 0.25) is 5.91 Å². The Bertz CT molecular complexity index is 409. The van der Waals surface area contributed by atoms with Crippen molar-refractivity contribution in [1.29, 1.82) is 0 Å². The Balaban J connectivity index is 2.66. The van der Waals surface area contributed by atoms with Crippen molar-refractivity contribution in [1.82, 2.24) is 4.90 Å². The van der Waals surface area contributed by atoms with Gasteiger partial charge in [-0.15, -0.1) is 0 Å². The second-order valence-corrected chi connectivity index (χ2v) is 5.99. The quantitative estimate of drug-likeness (QED) is 0.403. The van der Waals surface area contributed by atoms with Crippen molar-refractivity contribution in [3.63, 3.8) is 0 Å². The Hall–Kier alpha value is -1.16. The van der Waals surface area contributed by atoms with E-state index in [2.05, 4.69) is 5.73 Å². The second kappa shape index (κ2) is 7.91. The zero-order chi connectivity index (χ0) is 16.9. The highest BCUT2D eigenvalue weighted by Gasteiger charge is 2.49. The minimum Gasteiger partial charge on any atom is -0.544 e. The summed E-state index contributed by atoms with van der Waals surface area (Å²) in [7, 11) is -0.852. The number of hydrogen-bond acceptors (Lipinski definition) is 6. The van der Waals surface area contributed by atoms with Gasteiger partial charge < -0.3 is 35.9 Å². The Labute approximate surface area is 130 Å². The van der Waals surface area contributed by atoms with Crippen LogP contribution in [0.1, 0.15) is 26.7 Å². The third-order valence-corrected chi connectivity index (χ3v) is 4.17. The average molecular weight is 315 g/mol. The van der Waals surface area contributed by atoms with E-state index in [0.29, 0.717) is 32.3 Å². The fourth-order valence-electron chi connectivity index (χ4n) is 2.84. The molecule has 126 valence electrons. The van der Waals surface area contributed by atoms with Gasteiger partial charge in [-0.25, -0.2) is 0 Å². The Morgan fingerprint density at radius 1 is 1.64 bits per heavy atom. The molecule has 1 heterocycles. The zero-order valence-corrected chi connectivity index (χ0v) is 13.3. The molecule has 0 saturated carbocycles. The fourth-order valence-corrected chi connectivity index (χ4v) is 2.84. The van der Waals surface area contributed by atoms with Crippen LogP contribution in [0.3, 0.4) is 0 Å². The van der Waals surface area contributed by atoms with Crippen LogP contribution in [0.5, 0.6) is 0 Å². The molecular formula is C13H26BN3O5. The zero-order valence-electron chi connectivity index (χ0n) is 13.3. The van der Waals surface area contributed by atoms with E-state index < -0.39 is 24.7 Å². The van der Waals surface area contributed by atoms with Crippen LogP contribution in [0.15, 0.2) is 0 Å². The van der Waals surface area contributed by atoms with Gasteiger partial charge in [-0.2, -0.15) is 0 Å². The fraction of sp³-hybridized carbons (Fsp3) is 0.846. The van der Waals surface area contributed by atoms with Crippen LogP contribution in [0, 0.1) is 5.92 Å². The highest BCUT2D eigenvalue weighted by molar-refractivity contribution is 6.42. The van der Waals surface area contributed by atoms with Crippen molar-refractivity contribution < 1.29 is 30.1 Å². The average Bonchev–Trinajstić information content (AvgIpc) is 2.77. The molecular weight excluding hydrogens is 289 g/mol. The molecule has 3 atom stereocenters. The Morgan fingerprint density at radius 3 is 2.77 bits per heavy atom. The molecule has 0 aliphatic carbocycles. The standard InChI is InChI=1S/C13H26BN3O5/c1-3-22-14(21)6-4-5-10-7-17(11(18)9(2)15)8-13(10,16)12(19)20/h9-10,21H,3-8,15-16H2,1-2H3,(H,19,20)/t9-,10-,13-/m0/s1. The van der Waals surface area contributed by atoms with Crippen LogP contribution in [0.25, 0.3) is 0 Å². The summed E-state index contributed by atoms with van der Waals surface area (Å²) in [4.78, 5) is 24.9. The number of quaternary nitrogens is 1. The lowest BCUT2D eigenvalue weighted by Crippen LogP contribution is -2.83. The van der Waals surface area contributed by atoms with Crippen molar-refractivity contribution in [2.24, 2.45) is 11.7 Å². The number of amides is 1. The van der Waals surface area contributed by atoms with E-state index in [1.165, 1.54) is 4.90 Å². The molecule has 0 aromatic heterocycles. The van der Waals surface area contributed by atoms with E-state index in [4.69, 9.17) is 10.4 Å². The topological polar surface area (TPSA) is 144 Å². The molecule has 0 aromatic carbocycles. The van der Waals surface area contributed by atoms with Crippen molar-refractivity contribution in [2.45, 2.75) is 44.6 Å². The van der Waals surface area contributed by atoms with Gasteiger partial charge in [0.25, 0.3) is 0 Å². The number of aliphatic carboxylic acids is 1. The normalized spacial score (nSPS) is 26.0. The molecule has 0 bridgehead atoms. The van der Waals surface area contributed by atoms with Gasteiger partial charge in [0.15, 0.2) is 5.54 Å². The highest BCUT2D eigenvalue weighted by atomic mass is 16.5. The van der Waals surface area contributed by atoms with Crippen LogP contribution in [0.2, 0.25) is 6.32 Å². The molecule has 1 fully saturated rings. The molecule has 0 unspecified atom stereocenters. The summed E-state index contributed by atoms with van der Waals surface area (Å²) in [6, 6.07) is -0.676. The smallest absolute Gasteiger partial charge is 0.454 e. The Morgan fingerprint density at radius 2 is 2.27 bits per heavy atom. The molecule has 8 nitrogen and oxygen atoms in total. The molecule has 1 aliphatic rings. The number of carboxylic acid groups (broad SMARTS) is 1. The number of nitrogens with zero attached hydrogens (tertiary/aromatic N) is 1. The molecule has 6 N–H and O–H groups in total. The first-order chi connectivity index (χ1) is 10.2. The summed E-state index contributed by atoms with van der Waals surface area (Å²) in [6.45, 7) is 4.07. The van der Waals surface area contributed by atoms with Crippen LogP contribution in [0.4, 0.5) is 0 Å². The molecule has 9 heteroatoms. The summed E-state index contributed by atoms with van der Waals surface area (Å²) >= 11 is 0. The molecule has 0 aromatic rings. The van der Waals surface area contributed by atoms with Gasteiger partial charge >= 0.3 is 7.12 Å². The molecule has 22 heavy (non-hydrogen) atoms. The van der Waals surface area contributed by atoms with Crippen molar-refractivity contribution in [3.8, 4) is 0 Å². The third kappa shape index (κ3) is 4.42. The van der Waals surface area contributed by atoms with E-state index in [1.807, 2.05) is 0 Å². The van der Waals surface area contributed by atoms with Crippen LogP contribution >= 0.6 is 0 Å². The maximum atomic E-state index is 12.0. The van der Waals surface area contributed by atoms with Crippen LogP contribution < -0.4 is 16.6 Å². The summed E-state index contributed by atoms with van der Waals surface area (Å²) in [6.07, 6.45) is 1.51. The van der Waals surface area contributed by atoms with E-state index in [0.717, 1.165) is 0 Å². The number of hydrogen-bond donors (Lipinski definition) is 3. The molecule has 0 radical (unpaired) electrons. The third-order valence-electron chi connectivity index (χ3n) is 4.17. The molecule has 1 saturated heterocycles. The number of nitrogens with two attached hydrogens (primary N) is 1. The first-order valence-electron chi connectivity index (χ1n) is 7.63. The van der Waals surface area contributed by atoms with E-state index in [1.54, 1.807) is 13.8 Å².